The number of aromatic nitrogens is 2. The summed E-state index contributed by atoms with van der Waals surface area (Å²) in [6.07, 6.45) is 7.80. The van der Waals surface area contributed by atoms with Gasteiger partial charge < -0.3 is 9.80 Å². The monoisotopic (exact) mass is 410 g/mol. The number of hydrogen-bond donors (Lipinski definition) is 0. The van der Waals surface area contributed by atoms with E-state index in [4.69, 9.17) is 4.98 Å². The van der Waals surface area contributed by atoms with Crippen molar-refractivity contribution >= 4 is 23.5 Å². The molecule has 4 rings (SSSR count). The highest BCUT2D eigenvalue weighted by molar-refractivity contribution is 7.98. The summed E-state index contributed by atoms with van der Waals surface area (Å²) in [5.74, 6) is 3.12. The summed E-state index contributed by atoms with van der Waals surface area (Å²) in [6.45, 7) is 5.91. The first kappa shape index (κ1) is 20.2. The van der Waals surface area contributed by atoms with Gasteiger partial charge in [0.25, 0.3) is 0 Å². The highest BCUT2D eigenvalue weighted by atomic mass is 32.2. The molecule has 2 aliphatic rings. The molecule has 0 unspecified atom stereocenters. The second-order valence-electron chi connectivity index (χ2n) is 8.26. The van der Waals surface area contributed by atoms with Crippen LogP contribution in [0.2, 0.25) is 0 Å². The number of carbonyl (C=O) groups excluding carboxylic acids is 1. The minimum absolute atomic E-state index is 0.170. The number of benzene rings is 1. The molecule has 29 heavy (non-hydrogen) atoms. The van der Waals surface area contributed by atoms with Crippen molar-refractivity contribution in [2.24, 2.45) is 11.8 Å². The van der Waals surface area contributed by atoms with Gasteiger partial charge in [-0.15, -0.1) is 11.8 Å². The first-order valence-electron chi connectivity index (χ1n) is 10.7. The van der Waals surface area contributed by atoms with E-state index in [1.807, 2.05) is 18.5 Å². The summed E-state index contributed by atoms with van der Waals surface area (Å²) < 4.78 is 0. The molecule has 2 fully saturated rings. The molecule has 1 aromatic heterocycles. The maximum atomic E-state index is 12.9. The van der Waals surface area contributed by atoms with Crippen LogP contribution in [0, 0.1) is 11.8 Å². The van der Waals surface area contributed by atoms with E-state index in [9.17, 15) is 4.79 Å². The van der Waals surface area contributed by atoms with E-state index in [0.717, 1.165) is 74.4 Å². The number of likely N-dealkylation sites (tertiary alicyclic amines) is 1. The van der Waals surface area contributed by atoms with Gasteiger partial charge in [0.05, 0.1) is 12.4 Å². The zero-order chi connectivity index (χ0) is 20.1. The average Bonchev–Trinajstić information content (AvgIpc) is 2.79. The second-order valence-corrected chi connectivity index (χ2v) is 9.25. The highest BCUT2D eigenvalue weighted by Gasteiger charge is 2.30. The molecule has 1 amide bonds. The molecular formula is C23H30N4OS. The molecule has 1 aromatic carbocycles. The van der Waals surface area contributed by atoms with E-state index in [1.54, 1.807) is 11.8 Å². The summed E-state index contributed by atoms with van der Waals surface area (Å²) in [5, 5.41) is 0.951. The number of piperidine rings is 2. The van der Waals surface area contributed by atoms with Crippen molar-refractivity contribution in [1.29, 1.82) is 0 Å². The Morgan fingerprint density at radius 2 is 1.76 bits per heavy atom. The lowest BCUT2D eigenvalue weighted by Crippen LogP contribution is -2.45. The molecule has 0 N–H and O–H groups in total. The Kier molecular flexibility index (Phi) is 6.70. The number of anilines is 1. The summed E-state index contributed by atoms with van der Waals surface area (Å²) >= 11 is 1.71. The summed E-state index contributed by atoms with van der Waals surface area (Å²) in [5.41, 5.74) is 1.29. The van der Waals surface area contributed by atoms with E-state index >= 15 is 0 Å². The predicted molar refractivity (Wildman–Crippen MR) is 118 cm³/mol. The smallest absolute Gasteiger partial charge is 0.225 e. The van der Waals surface area contributed by atoms with Crippen LogP contribution >= 0.6 is 11.8 Å². The summed E-state index contributed by atoms with van der Waals surface area (Å²) in [4.78, 5) is 26.4. The molecule has 2 aliphatic heterocycles. The average molecular weight is 411 g/mol. The van der Waals surface area contributed by atoms with Crippen molar-refractivity contribution in [1.82, 2.24) is 14.9 Å². The van der Waals surface area contributed by atoms with Crippen LogP contribution in [0.1, 0.15) is 38.2 Å². The van der Waals surface area contributed by atoms with Gasteiger partial charge in [-0.05, 0) is 37.2 Å². The maximum absolute atomic E-state index is 12.9. The Bertz CT molecular complexity index is 800. The molecule has 2 aromatic rings. The molecule has 0 atom stereocenters. The van der Waals surface area contributed by atoms with Gasteiger partial charge in [0.15, 0.2) is 0 Å². The lowest BCUT2D eigenvalue weighted by molar-refractivity contribution is -0.137. The normalized spacial score (nSPS) is 18.8. The van der Waals surface area contributed by atoms with Crippen LogP contribution in [0.5, 0.6) is 0 Å². The molecule has 0 radical (unpaired) electrons. The van der Waals surface area contributed by atoms with Crippen LogP contribution in [-0.4, -0.2) is 47.0 Å². The van der Waals surface area contributed by atoms with Gasteiger partial charge in [0.1, 0.15) is 10.8 Å². The van der Waals surface area contributed by atoms with Gasteiger partial charge in [-0.2, -0.15) is 0 Å². The van der Waals surface area contributed by atoms with Gasteiger partial charge in [-0.1, -0.05) is 37.3 Å². The SMILES string of the molecule is CC1CCN(C(=O)C2CCN(c3cncc(SCc4ccccc4)n3)CC2)CC1. The first-order chi connectivity index (χ1) is 14.2. The van der Waals surface area contributed by atoms with Crippen LogP contribution in [0.3, 0.4) is 0 Å². The van der Waals surface area contributed by atoms with E-state index in [-0.39, 0.29) is 5.92 Å². The zero-order valence-corrected chi connectivity index (χ0v) is 18.0. The third-order valence-electron chi connectivity index (χ3n) is 6.09. The molecule has 5 nitrogen and oxygen atoms in total. The van der Waals surface area contributed by atoms with Crippen molar-refractivity contribution in [2.45, 2.75) is 43.4 Å². The van der Waals surface area contributed by atoms with Crippen LogP contribution in [0.25, 0.3) is 0 Å². The standard InChI is InChI=1S/C23H30N4OS/c1-18-7-11-27(12-8-18)23(28)20-9-13-26(14-10-20)21-15-24-16-22(25-21)29-17-19-5-3-2-4-6-19/h2-6,15-16,18,20H,7-14,17H2,1H3. The molecule has 0 saturated carbocycles. The Labute approximate surface area is 177 Å². The molecule has 3 heterocycles. The Balaban J connectivity index is 1.30. The van der Waals surface area contributed by atoms with Crippen LogP contribution in [-0.2, 0) is 10.5 Å². The fourth-order valence-corrected chi connectivity index (χ4v) is 4.93. The van der Waals surface area contributed by atoms with Crippen molar-refractivity contribution in [2.75, 3.05) is 31.1 Å². The molecular weight excluding hydrogens is 380 g/mol. The van der Waals surface area contributed by atoms with Crippen molar-refractivity contribution in [3.05, 3.63) is 48.3 Å². The summed E-state index contributed by atoms with van der Waals surface area (Å²) in [7, 11) is 0. The van der Waals surface area contributed by atoms with Crippen LogP contribution in [0.15, 0.2) is 47.8 Å². The third-order valence-corrected chi connectivity index (χ3v) is 7.06. The predicted octanol–water partition coefficient (Wildman–Crippen LogP) is 4.24. The lowest BCUT2D eigenvalue weighted by atomic mass is 9.93. The Morgan fingerprint density at radius 1 is 1.03 bits per heavy atom. The number of nitrogens with zero attached hydrogens (tertiary/aromatic N) is 4. The van der Waals surface area contributed by atoms with E-state index < -0.39 is 0 Å². The van der Waals surface area contributed by atoms with Gasteiger partial charge in [-0.3, -0.25) is 9.78 Å². The first-order valence-corrected chi connectivity index (χ1v) is 11.7. The molecule has 6 heteroatoms. The van der Waals surface area contributed by atoms with Crippen molar-refractivity contribution in [3.63, 3.8) is 0 Å². The zero-order valence-electron chi connectivity index (χ0n) is 17.2. The number of hydrogen-bond acceptors (Lipinski definition) is 5. The fourth-order valence-electron chi connectivity index (χ4n) is 4.13. The fraction of sp³-hybridized carbons (Fsp3) is 0.522. The van der Waals surface area contributed by atoms with E-state index in [0.29, 0.717) is 5.91 Å². The van der Waals surface area contributed by atoms with E-state index in [2.05, 4.69) is 46.0 Å². The molecule has 0 bridgehead atoms. The maximum Gasteiger partial charge on any atom is 0.225 e. The highest BCUT2D eigenvalue weighted by Crippen LogP contribution is 2.27. The minimum atomic E-state index is 0.170. The molecule has 0 spiro atoms. The molecule has 154 valence electrons. The minimum Gasteiger partial charge on any atom is -0.355 e. The van der Waals surface area contributed by atoms with Crippen molar-refractivity contribution < 1.29 is 4.79 Å². The topological polar surface area (TPSA) is 49.3 Å². The lowest BCUT2D eigenvalue weighted by Gasteiger charge is -2.37. The third kappa shape index (κ3) is 5.30. The number of carbonyl (C=O) groups is 1. The quantitative estimate of drug-likeness (QED) is 0.690. The van der Waals surface area contributed by atoms with Crippen LogP contribution in [0.4, 0.5) is 5.82 Å². The van der Waals surface area contributed by atoms with Crippen LogP contribution < -0.4 is 4.90 Å². The second kappa shape index (κ2) is 9.61. The van der Waals surface area contributed by atoms with Crippen molar-refractivity contribution in [3.8, 4) is 0 Å². The summed E-state index contributed by atoms with van der Waals surface area (Å²) in [6, 6.07) is 10.4. The number of rotatable bonds is 5. The number of amides is 1. The van der Waals surface area contributed by atoms with Gasteiger partial charge in [-0.25, -0.2) is 4.98 Å². The molecule has 0 aliphatic carbocycles. The molecule has 2 saturated heterocycles. The Morgan fingerprint density at radius 3 is 2.48 bits per heavy atom. The van der Waals surface area contributed by atoms with Gasteiger partial charge >= 0.3 is 0 Å². The Hall–Kier alpha value is -2.08. The van der Waals surface area contributed by atoms with E-state index in [1.165, 1.54) is 5.56 Å². The largest absolute Gasteiger partial charge is 0.355 e. The van der Waals surface area contributed by atoms with Gasteiger partial charge in [0, 0.05) is 37.8 Å². The number of thioether (sulfide) groups is 1. The van der Waals surface area contributed by atoms with Gasteiger partial charge in [0.2, 0.25) is 5.91 Å².